The van der Waals surface area contributed by atoms with Gasteiger partial charge in [0.25, 0.3) is 0 Å². The third-order valence-electron chi connectivity index (χ3n) is 5.58. The second kappa shape index (κ2) is 9.76. The normalized spacial score (nSPS) is 19.4. The maximum atomic E-state index is 12.5. The fourth-order valence-corrected chi connectivity index (χ4v) is 4.21. The number of benzene rings is 2. The van der Waals surface area contributed by atoms with Gasteiger partial charge in [-0.15, -0.1) is 0 Å². The van der Waals surface area contributed by atoms with Crippen LogP contribution in [0.3, 0.4) is 0 Å². The monoisotopic (exact) mass is 409 g/mol. The van der Waals surface area contributed by atoms with Crippen LogP contribution >= 0.6 is 0 Å². The van der Waals surface area contributed by atoms with Crippen LogP contribution in [-0.4, -0.2) is 40.7 Å². The number of ether oxygens (including phenoxy) is 1. The molecule has 1 N–H and O–H groups in total. The second-order valence-electron chi connectivity index (χ2n) is 9.55. The van der Waals surface area contributed by atoms with Crippen molar-refractivity contribution in [2.45, 2.75) is 64.7 Å². The van der Waals surface area contributed by atoms with Crippen LogP contribution in [0.25, 0.3) is 0 Å². The van der Waals surface area contributed by atoms with Gasteiger partial charge in [0.05, 0.1) is 0 Å². The van der Waals surface area contributed by atoms with E-state index in [0.29, 0.717) is 5.92 Å². The molecule has 0 saturated carbocycles. The van der Waals surface area contributed by atoms with Gasteiger partial charge in [-0.2, -0.15) is 0 Å². The average molecular weight is 410 g/mol. The van der Waals surface area contributed by atoms with E-state index in [1.807, 2.05) is 63.2 Å². The SMILES string of the molecule is C[C@@H](Cc1ccc(C(O)c2ccccc2)cc1)CN1CCC[C@H]1C(=O)OC(C)(C)C. The number of hydrogen-bond donors (Lipinski definition) is 1. The highest BCUT2D eigenvalue weighted by molar-refractivity contribution is 5.76. The number of nitrogens with zero attached hydrogens (tertiary/aromatic N) is 1. The number of carbonyl (C=O) groups is 1. The molecular weight excluding hydrogens is 374 g/mol. The first-order valence-corrected chi connectivity index (χ1v) is 11.0. The molecule has 1 fully saturated rings. The average Bonchev–Trinajstić information content (AvgIpc) is 3.15. The fourth-order valence-electron chi connectivity index (χ4n) is 4.21. The number of esters is 1. The molecule has 4 heteroatoms. The highest BCUT2D eigenvalue weighted by atomic mass is 16.6. The maximum Gasteiger partial charge on any atom is 0.323 e. The zero-order chi connectivity index (χ0) is 21.7. The van der Waals surface area contributed by atoms with E-state index >= 15 is 0 Å². The van der Waals surface area contributed by atoms with E-state index in [9.17, 15) is 9.90 Å². The molecule has 0 aliphatic carbocycles. The topological polar surface area (TPSA) is 49.8 Å². The first kappa shape index (κ1) is 22.5. The van der Waals surface area contributed by atoms with E-state index in [0.717, 1.165) is 43.5 Å². The number of likely N-dealkylation sites (tertiary alicyclic amines) is 1. The Hall–Kier alpha value is -2.17. The summed E-state index contributed by atoms with van der Waals surface area (Å²) in [5.74, 6) is 0.337. The van der Waals surface area contributed by atoms with Gasteiger partial charge < -0.3 is 9.84 Å². The summed E-state index contributed by atoms with van der Waals surface area (Å²) in [6.07, 6.45) is 2.27. The first-order valence-electron chi connectivity index (χ1n) is 11.0. The van der Waals surface area contributed by atoms with Crippen LogP contribution in [0.1, 0.15) is 63.3 Å². The predicted molar refractivity (Wildman–Crippen MR) is 120 cm³/mol. The Kier molecular flexibility index (Phi) is 7.32. The Balaban J connectivity index is 1.55. The van der Waals surface area contributed by atoms with Gasteiger partial charge in [0.15, 0.2) is 0 Å². The summed E-state index contributed by atoms with van der Waals surface area (Å²) in [6, 6.07) is 17.8. The van der Waals surface area contributed by atoms with Crippen molar-refractivity contribution < 1.29 is 14.6 Å². The van der Waals surface area contributed by atoms with E-state index in [1.165, 1.54) is 5.56 Å². The number of aliphatic hydroxyl groups is 1. The Morgan fingerprint density at radius 3 is 2.37 bits per heavy atom. The van der Waals surface area contributed by atoms with E-state index in [-0.39, 0.29) is 12.0 Å². The van der Waals surface area contributed by atoms with Gasteiger partial charge in [-0.3, -0.25) is 9.69 Å². The minimum atomic E-state index is -0.600. The summed E-state index contributed by atoms with van der Waals surface area (Å²) in [4.78, 5) is 14.8. The molecule has 4 nitrogen and oxygen atoms in total. The smallest absolute Gasteiger partial charge is 0.323 e. The van der Waals surface area contributed by atoms with Gasteiger partial charge in [-0.05, 0) is 69.2 Å². The van der Waals surface area contributed by atoms with E-state index < -0.39 is 11.7 Å². The van der Waals surface area contributed by atoms with Gasteiger partial charge >= 0.3 is 5.97 Å². The highest BCUT2D eigenvalue weighted by Crippen LogP contribution is 2.25. The lowest BCUT2D eigenvalue weighted by Crippen LogP contribution is -2.42. The molecule has 0 amide bonds. The van der Waals surface area contributed by atoms with Crippen LogP contribution in [0.15, 0.2) is 54.6 Å². The standard InChI is InChI=1S/C26H35NO3/c1-19(18-27-16-8-11-23(27)25(29)30-26(2,3)4)17-20-12-14-22(15-13-20)24(28)21-9-6-5-7-10-21/h5-7,9-10,12-15,19,23-24,28H,8,11,16-18H2,1-4H3/t19-,23-,24?/m0/s1. The quantitative estimate of drug-likeness (QED) is 0.670. The predicted octanol–water partition coefficient (Wildman–Crippen LogP) is 4.75. The molecule has 0 radical (unpaired) electrons. The second-order valence-corrected chi connectivity index (χ2v) is 9.55. The summed E-state index contributed by atoms with van der Waals surface area (Å²) >= 11 is 0. The van der Waals surface area contributed by atoms with Crippen molar-refractivity contribution in [2.75, 3.05) is 13.1 Å². The summed E-state index contributed by atoms with van der Waals surface area (Å²) < 4.78 is 5.62. The number of rotatable bonds is 7. The fraction of sp³-hybridized carbons (Fsp3) is 0.500. The van der Waals surface area contributed by atoms with Crippen LogP contribution in [0.4, 0.5) is 0 Å². The molecule has 30 heavy (non-hydrogen) atoms. The van der Waals surface area contributed by atoms with Gasteiger partial charge in [0, 0.05) is 6.54 Å². The van der Waals surface area contributed by atoms with Crippen molar-refractivity contribution in [3.8, 4) is 0 Å². The van der Waals surface area contributed by atoms with Crippen LogP contribution < -0.4 is 0 Å². The zero-order valence-corrected chi connectivity index (χ0v) is 18.7. The van der Waals surface area contributed by atoms with Crippen molar-refractivity contribution in [1.82, 2.24) is 4.90 Å². The minimum absolute atomic E-state index is 0.0912. The van der Waals surface area contributed by atoms with Crippen LogP contribution in [0.5, 0.6) is 0 Å². The lowest BCUT2D eigenvalue weighted by Gasteiger charge is -2.29. The van der Waals surface area contributed by atoms with E-state index in [4.69, 9.17) is 4.74 Å². The molecule has 3 atom stereocenters. The first-order chi connectivity index (χ1) is 14.2. The molecule has 0 spiro atoms. The number of hydrogen-bond acceptors (Lipinski definition) is 4. The van der Waals surface area contributed by atoms with Crippen molar-refractivity contribution >= 4 is 5.97 Å². The molecule has 0 aromatic heterocycles. The lowest BCUT2D eigenvalue weighted by atomic mass is 9.96. The maximum absolute atomic E-state index is 12.5. The van der Waals surface area contributed by atoms with Crippen LogP contribution in [0.2, 0.25) is 0 Å². The summed E-state index contributed by atoms with van der Waals surface area (Å²) in [5, 5.41) is 10.6. The number of aliphatic hydroxyl groups excluding tert-OH is 1. The molecule has 1 saturated heterocycles. The molecule has 1 heterocycles. The summed E-state index contributed by atoms with van der Waals surface area (Å²) in [6.45, 7) is 9.84. The molecule has 1 unspecified atom stereocenters. The third-order valence-corrected chi connectivity index (χ3v) is 5.58. The molecular formula is C26H35NO3. The van der Waals surface area contributed by atoms with Crippen molar-refractivity contribution in [2.24, 2.45) is 5.92 Å². The molecule has 1 aliphatic rings. The Bertz CT molecular complexity index is 810. The largest absolute Gasteiger partial charge is 0.459 e. The zero-order valence-electron chi connectivity index (χ0n) is 18.7. The van der Waals surface area contributed by atoms with Crippen molar-refractivity contribution in [3.05, 3.63) is 71.3 Å². The number of carbonyl (C=O) groups excluding carboxylic acids is 1. The van der Waals surface area contributed by atoms with Gasteiger partial charge in [-0.25, -0.2) is 0 Å². The van der Waals surface area contributed by atoms with E-state index in [1.54, 1.807) is 0 Å². The Morgan fingerprint density at radius 1 is 1.10 bits per heavy atom. The molecule has 2 aromatic carbocycles. The molecule has 1 aliphatic heterocycles. The Morgan fingerprint density at radius 2 is 1.73 bits per heavy atom. The molecule has 3 rings (SSSR count). The minimum Gasteiger partial charge on any atom is -0.459 e. The van der Waals surface area contributed by atoms with Crippen LogP contribution in [0, 0.1) is 5.92 Å². The summed E-state index contributed by atoms with van der Waals surface area (Å²) in [5.41, 5.74) is 2.62. The lowest BCUT2D eigenvalue weighted by molar-refractivity contribution is -0.160. The van der Waals surface area contributed by atoms with Crippen LogP contribution in [-0.2, 0) is 16.0 Å². The molecule has 162 valence electrons. The van der Waals surface area contributed by atoms with E-state index in [2.05, 4.69) is 24.0 Å². The van der Waals surface area contributed by atoms with Crippen molar-refractivity contribution in [1.29, 1.82) is 0 Å². The molecule has 2 aromatic rings. The van der Waals surface area contributed by atoms with Gasteiger partial charge in [-0.1, -0.05) is 61.5 Å². The van der Waals surface area contributed by atoms with Crippen molar-refractivity contribution in [3.63, 3.8) is 0 Å². The highest BCUT2D eigenvalue weighted by Gasteiger charge is 2.34. The van der Waals surface area contributed by atoms with Gasteiger partial charge in [0.1, 0.15) is 17.7 Å². The summed E-state index contributed by atoms with van der Waals surface area (Å²) in [7, 11) is 0. The molecule has 0 bridgehead atoms. The van der Waals surface area contributed by atoms with Gasteiger partial charge in [0.2, 0.25) is 0 Å². The Labute approximate surface area is 180 Å². The third kappa shape index (κ3) is 6.16.